The highest BCUT2D eigenvalue weighted by atomic mass is 32.2. The van der Waals surface area contributed by atoms with E-state index >= 15 is 0 Å². The summed E-state index contributed by atoms with van der Waals surface area (Å²) in [5.74, 6) is 0.0372. The molecule has 0 N–H and O–H groups in total. The fourth-order valence-corrected chi connectivity index (χ4v) is 5.34. The topological polar surface area (TPSA) is 57.7 Å². The van der Waals surface area contributed by atoms with Gasteiger partial charge >= 0.3 is 0 Å². The molecule has 0 saturated heterocycles. The lowest BCUT2D eigenvalue weighted by atomic mass is 9.94. The van der Waals surface area contributed by atoms with E-state index in [0.717, 1.165) is 18.4 Å². The summed E-state index contributed by atoms with van der Waals surface area (Å²) in [6.45, 7) is 1.90. The first-order valence-electron chi connectivity index (χ1n) is 8.68. The summed E-state index contributed by atoms with van der Waals surface area (Å²) in [4.78, 5) is 14.7. The Hall–Kier alpha value is -1.56. The molecular formula is C18H26N2O3S. The highest BCUT2D eigenvalue weighted by Gasteiger charge is 2.33. The Kier molecular flexibility index (Phi) is 4.60. The van der Waals surface area contributed by atoms with Crippen LogP contribution in [0.25, 0.3) is 0 Å². The second-order valence-corrected chi connectivity index (χ2v) is 9.02. The molecule has 1 aromatic rings. The van der Waals surface area contributed by atoms with Crippen molar-refractivity contribution in [3.05, 3.63) is 29.3 Å². The van der Waals surface area contributed by atoms with Gasteiger partial charge in [0, 0.05) is 24.7 Å². The molecule has 0 bridgehead atoms. The minimum atomic E-state index is -3.29. The SMILES string of the molecule is C[C@@H]1Cc2cc(C(=O)N(C)C3CCCCC3)ccc2N1S(C)(=O)=O. The largest absolute Gasteiger partial charge is 0.339 e. The van der Waals surface area contributed by atoms with Gasteiger partial charge in [-0.05, 0) is 49.9 Å². The molecule has 1 amide bonds. The monoisotopic (exact) mass is 350 g/mol. The first-order chi connectivity index (χ1) is 11.3. The summed E-state index contributed by atoms with van der Waals surface area (Å²) in [6, 6.07) is 5.64. The number of fused-ring (bicyclic) bond motifs is 1. The highest BCUT2D eigenvalue weighted by Crippen LogP contribution is 2.35. The maximum absolute atomic E-state index is 12.8. The Labute approximate surface area is 144 Å². The van der Waals surface area contributed by atoms with Gasteiger partial charge in [0.25, 0.3) is 5.91 Å². The maximum atomic E-state index is 12.8. The Bertz CT molecular complexity index is 739. The van der Waals surface area contributed by atoms with Crippen molar-refractivity contribution in [2.45, 2.75) is 57.5 Å². The molecule has 3 rings (SSSR count). The van der Waals surface area contributed by atoms with Gasteiger partial charge in [-0.25, -0.2) is 8.42 Å². The van der Waals surface area contributed by atoms with Crippen molar-refractivity contribution in [3.8, 4) is 0 Å². The average molecular weight is 350 g/mol. The normalized spacial score (nSPS) is 21.6. The van der Waals surface area contributed by atoms with Gasteiger partial charge in [-0.15, -0.1) is 0 Å². The first-order valence-corrected chi connectivity index (χ1v) is 10.5. The van der Waals surface area contributed by atoms with Crippen molar-refractivity contribution in [2.75, 3.05) is 17.6 Å². The number of hydrogen-bond donors (Lipinski definition) is 0. The fourth-order valence-electron chi connectivity index (χ4n) is 4.08. The second kappa shape index (κ2) is 6.39. The fraction of sp³-hybridized carbons (Fsp3) is 0.611. The molecular weight excluding hydrogens is 324 g/mol. The van der Waals surface area contributed by atoms with E-state index < -0.39 is 10.0 Å². The molecule has 1 aromatic carbocycles. The van der Waals surface area contributed by atoms with Crippen LogP contribution in [0.5, 0.6) is 0 Å². The second-order valence-electron chi connectivity index (χ2n) is 7.16. The summed E-state index contributed by atoms with van der Waals surface area (Å²) in [6.07, 6.45) is 7.67. The lowest BCUT2D eigenvalue weighted by Gasteiger charge is -2.31. The van der Waals surface area contributed by atoms with Gasteiger partial charge in [0.1, 0.15) is 0 Å². The molecule has 2 aliphatic rings. The van der Waals surface area contributed by atoms with Crippen LogP contribution in [-0.2, 0) is 16.4 Å². The molecule has 0 unspecified atom stereocenters. The van der Waals surface area contributed by atoms with Crippen molar-refractivity contribution in [1.82, 2.24) is 4.90 Å². The van der Waals surface area contributed by atoms with Gasteiger partial charge in [-0.3, -0.25) is 9.10 Å². The van der Waals surface area contributed by atoms with Crippen molar-refractivity contribution < 1.29 is 13.2 Å². The van der Waals surface area contributed by atoms with Crippen LogP contribution in [0.3, 0.4) is 0 Å². The number of rotatable bonds is 3. The number of carbonyl (C=O) groups excluding carboxylic acids is 1. The van der Waals surface area contributed by atoms with Crippen molar-refractivity contribution in [3.63, 3.8) is 0 Å². The third-order valence-corrected chi connectivity index (χ3v) is 6.55. The van der Waals surface area contributed by atoms with Gasteiger partial charge in [0.15, 0.2) is 0 Å². The summed E-state index contributed by atoms with van der Waals surface area (Å²) in [5.41, 5.74) is 2.31. The molecule has 5 nitrogen and oxygen atoms in total. The van der Waals surface area contributed by atoms with E-state index in [1.54, 1.807) is 12.1 Å². The van der Waals surface area contributed by atoms with E-state index in [1.165, 1.54) is 29.8 Å². The summed E-state index contributed by atoms with van der Waals surface area (Å²) in [5, 5.41) is 0. The van der Waals surface area contributed by atoms with Crippen LogP contribution in [-0.4, -0.2) is 44.6 Å². The number of sulfonamides is 1. The first kappa shape index (κ1) is 17.3. The molecule has 1 saturated carbocycles. The predicted molar refractivity (Wildman–Crippen MR) is 95.9 cm³/mol. The van der Waals surface area contributed by atoms with E-state index in [4.69, 9.17) is 0 Å². The highest BCUT2D eigenvalue weighted by molar-refractivity contribution is 7.92. The van der Waals surface area contributed by atoms with Crippen molar-refractivity contribution in [1.29, 1.82) is 0 Å². The van der Waals surface area contributed by atoms with Crippen LogP contribution in [0.4, 0.5) is 5.69 Å². The standard InChI is InChI=1S/C18H26N2O3S/c1-13-11-15-12-14(9-10-17(15)20(13)24(3,22)23)18(21)19(2)16-7-5-4-6-8-16/h9-10,12-13,16H,4-8,11H2,1-3H3/t13-/m1/s1. The molecule has 24 heavy (non-hydrogen) atoms. The van der Waals surface area contributed by atoms with Crippen LogP contribution < -0.4 is 4.31 Å². The molecule has 6 heteroatoms. The van der Waals surface area contributed by atoms with Crippen molar-refractivity contribution >= 4 is 21.6 Å². The van der Waals surface area contributed by atoms with Crippen LogP contribution in [0.2, 0.25) is 0 Å². The van der Waals surface area contributed by atoms with E-state index in [1.807, 2.05) is 24.9 Å². The Morgan fingerprint density at radius 2 is 1.88 bits per heavy atom. The summed E-state index contributed by atoms with van der Waals surface area (Å²) < 4.78 is 25.4. The van der Waals surface area contributed by atoms with Gasteiger partial charge < -0.3 is 4.90 Å². The van der Waals surface area contributed by atoms with Crippen LogP contribution in [0.15, 0.2) is 18.2 Å². The number of amides is 1. The minimum absolute atomic E-state index is 0.0372. The molecule has 132 valence electrons. The smallest absolute Gasteiger partial charge is 0.253 e. The third-order valence-electron chi connectivity index (χ3n) is 5.28. The van der Waals surface area contributed by atoms with E-state index in [9.17, 15) is 13.2 Å². The zero-order valence-electron chi connectivity index (χ0n) is 14.7. The zero-order chi connectivity index (χ0) is 17.5. The number of carbonyl (C=O) groups is 1. The molecule has 1 atom stereocenters. The molecule has 1 fully saturated rings. The number of benzene rings is 1. The van der Waals surface area contributed by atoms with Crippen LogP contribution in [0, 0.1) is 0 Å². The molecule has 1 heterocycles. The van der Waals surface area contributed by atoms with Gasteiger partial charge in [-0.2, -0.15) is 0 Å². The Balaban J connectivity index is 1.84. The Morgan fingerprint density at radius 3 is 2.50 bits per heavy atom. The van der Waals surface area contributed by atoms with Crippen LogP contribution >= 0.6 is 0 Å². The molecule has 1 aliphatic heterocycles. The molecule has 1 aliphatic carbocycles. The van der Waals surface area contributed by atoms with Crippen LogP contribution in [0.1, 0.15) is 54.9 Å². The lowest BCUT2D eigenvalue weighted by Crippen LogP contribution is -2.38. The lowest BCUT2D eigenvalue weighted by molar-refractivity contribution is 0.0696. The molecule has 0 radical (unpaired) electrons. The van der Waals surface area contributed by atoms with E-state index in [2.05, 4.69) is 0 Å². The number of hydrogen-bond acceptors (Lipinski definition) is 3. The van der Waals surface area contributed by atoms with Gasteiger partial charge in [-0.1, -0.05) is 19.3 Å². The van der Waals surface area contributed by atoms with E-state index in [-0.39, 0.29) is 11.9 Å². The van der Waals surface area contributed by atoms with E-state index in [0.29, 0.717) is 23.7 Å². The number of anilines is 1. The summed E-state index contributed by atoms with van der Waals surface area (Å²) in [7, 11) is -1.41. The molecule has 0 spiro atoms. The predicted octanol–water partition coefficient (Wildman–Crippen LogP) is 2.80. The average Bonchev–Trinajstić information content (AvgIpc) is 2.89. The molecule has 0 aromatic heterocycles. The quantitative estimate of drug-likeness (QED) is 0.842. The maximum Gasteiger partial charge on any atom is 0.253 e. The van der Waals surface area contributed by atoms with Gasteiger partial charge in [0.2, 0.25) is 10.0 Å². The zero-order valence-corrected chi connectivity index (χ0v) is 15.5. The van der Waals surface area contributed by atoms with Crippen molar-refractivity contribution in [2.24, 2.45) is 0 Å². The minimum Gasteiger partial charge on any atom is -0.339 e. The van der Waals surface area contributed by atoms with Gasteiger partial charge in [0.05, 0.1) is 11.9 Å². The Morgan fingerprint density at radius 1 is 1.21 bits per heavy atom. The number of nitrogens with zero attached hydrogens (tertiary/aromatic N) is 2. The third kappa shape index (κ3) is 3.16. The summed E-state index contributed by atoms with van der Waals surface area (Å²) >= 11 is 0.